The van der Waals surface area contributed by atoms with E-state index in [0.717, 1.165) is 6.42 Å². The fraction of sp³-hybridized carbons (Fsp3) is 0.882. The lowest BCUT2D eigenvalue weighted by Crippen LogP contribution is -2.69. The monoisotopic (exact) mass is 296 g/mol. The summed E-state index contributed by atoms with van der Waals surface area (Å²) in [6.45, 7) is 16.6. The van der Waals surface area contributed by atoms with Gasteiger partial charge in [-0.3, -0.25) is 9.59 Å². The number of hydrogen-bond acceptors (Lipinski definition) is 2. The van der Waals surface area contributed by atoms with Crippen LogP contribution < -0.4 is 5.32 Å². The van der Waals surface area contributed by atoms with Crippen molar-refractivity contribution in [3.05, 3.63) is 0 Å². The standard InChI is InChI=1S/C17H32N2O2/c1-9-12-15(21)19(13(11(2)3)14(20)18-12)17(7,8)10-16(4,5)6/h11-13H,9-10H2,1-8H3,(H,18,20). The van der Waals surface area contributed by atoms with Gasteiger partial charge < -0.3 is 10.2 Å². The number of rotatable bonds is 4. The van der Waals surface area contributed by atoms with Gasteiger partial charge >= 0.3 is 0 Å². The smallest absolute Gasteiger partial charge is 0.246 e. The number of amides is 2. The van der Waals surface area contributed by atoms with Crippen molar-refractivity contribution in [2.45, 2.75) is 85.9 Å². The Morgan fingerprint density at radius 3 is 2.05 bits per heavy atom. The fourth-order valence-electron chi connectivity index (χ4n) is 3.68. The van der Waals surface area contributed by atoms with E-state index >= 15 is 0 Å². The van der Waals surface area contributed by atoms with Gasteiger partial charge in [0.2, 0.25) is 11.8 Å². The summed E-state index contributed by atoms with van der Waals surface area (Å²) in [5.74, 6) is 0.148. The van der Waals surface area contributed by atoms with Gasteiger partial charge in [0.25, 0.3) is 0 Å². The van der Waals surface area contributed by atoms with E-state index in [0.29, 0.717) is 6.42 Å². The molecular weight excluding hydrogens is 264 g/mol. The molecule has 0 aromatic rings. The fourth-order valence-corrected chi connectivity index (χ4v) is 3.68. The van der Waals surface area contributed by atoms with Crippen LogP contribution in [-0.2, 0) is 9.59 Å². The third-order valence-electron chi connectivity index (χ3n) is 4.05. The first-order valence-corrected chi connectivity index (χ1v) is 8.04. The van der Waals surface area contributed by atoms with Gasteiger partial charge in [0.05, 0.1) is 0 Å². The first-order chi connectivity index (χ1) is 9.40. The molecule has 0 bridgehead atoms. The summed E-state index contributed by atoms with van der Waals surface area (Å²) in [5.41, 5.74) is -0.240. The molecule has 0 spiro atoms. The highest BCUT2D eigenvalue weighted by Crippen LogP contribution is 2.35. The molecule has 21 heavy (non-hydrogen) atoms. The molecule has 4 heteroatoms. The molecule has 1 saturated heterocycles. The van der Waals surface area contributed by atoms with Crippen LogP contribution in [0.4, 0.5) is 0 Å². The summed E-state index contributed by atoms with van der Waals surface area (Å²) < 4.78 is 0. The van der Waals surface area contributed by atoms with Crippen molar-refractivity contribution in [1.29, 1.82) is 0 Å². The molecule has 2 atom stereocenters. The van der Waals surface area contributed by atoms with Crippen molar-refractivity contribution in [2.24, 2.45) is 11.3 Å². The normalized spacial score (nSPS) is 24.5. The first kappa shape index (κ1) is 18.0. The minimum atomic E-state index is -0.383. The second kappa shape index (κ2) is 5.98. The summed E-state index contributed by atoms with van der Waals surface area (Å²) in [6, 6.07) is -0.760. The zero-order valence-corrected chi connectivity index (χ0v) is 14.9. The van der Waals surface area contributed by atoms with Gasteiger partial charge in [-0.25, -0.2) is 0 Å². The molecule has 122 valence electrons. The van der Waals surface area contributed by atoms with Crippen LogP contribution in [0.5, 0.6) is 0 Å². The molecule has 0 radical (unpaired) electrons. The molecule has 1 aliphatic rings. The van der Waals surface area contributed by atoms with Crippen molar-refractivity contribution in [3.63, 3.8) is 0 Å². The van der Waals surface area contributed by atoms with Gasteiger partial charge in [-0.05, 0) is 38.0 Å². The van der Waals surface area contributed by atoms with E-state index in [2.05, 4.69) is 39.9 Å². The lowest BCUT2D eigenvalue weighted by atomic mass is 9.78. The minimum absolute atomic E-state index is 0.0153. The van der Waals surface area contributed by atoms with Crippen LogP contribution in [0.1, 0.15) is 68.2 Å². The number of carbonyl (C=O) groups excluding carboxylic acids is 2. The molecule has 1 N–H and O–H groups in total. The minimum Gasteiger partial charge on any atom is -0.343 e. The largest absolute Gasteiger partial charge is 0.343 e. The van der Waals surface area contributed by atoms with Crippen LogP contribution in [0.15, 0.2) is 0 Å². The van der Waals surface area contributed by atoms with Crippen molar-refractivity contribution in [1.82, 2.24) is 10.2 Å². The number of nitrogens with zero attached hydrogens (tertiary/aromatic N) is 1. The third kappa shape index (κ3) is 3.98. The maximum absolute atomic E-state index is 12.9. The quantitative estimate of drug-likeness (QED) is 0.867. The summed E-state index contributed by atoms with van der Waals surface area (Å²) in [5, 5.41) is 2.88. The molecular formula is C17H32N2O2. The molecule has 0 aromatic heterocycles. The van der Waals surface area contributed by atoms with E-state index in [4.69, 9.17) is 0 Å². The van der Waals surface area contributed by atoms with Crippen LogP contribution in [0.25, 0.3) is 0 Å². The highest BCUT2D eigenvalue weighted by atomic mass is 16.2. The molecule has 0 aromatic carbocycles. The highest BCUT2D eigenvalue weighted by Gasteiger charge is 2.48. The van der Waals surface area contributed by atoms with Gasteiger partial charge in [0, 0.05) is 5.54 Å². The summed E-state index contributed by atoms with van der Waals surface area (Å²) in [7, 11) is 0. The molecule has 2 unspecified atom stereocenters. The Morgan fingerprint density at radius 1 is 1.14 bits per heavy atom. The lowest BCUT2D eigenvalue weighted by Gasteiger charge is -2.50. The molecule has 1 rings (SSSR count). The Kier molecular flexibility index (Phi) is 5.12. The van der Waals surface area contributed by atoms with Gasteiger partial charge in [-0.1, -0.05) is 41.5 Å². The van der Waals surface area contributed by atoms with E-state index in [9.17, 15) is 9.59 Å². The Labute approximate surface area is 129 Å². The third-order valence-corrected chi connectivity index (χ3v) is 4.05. The second-order valence-corrected chi connectivity index (χ2v) is 8.42. The van der Waals surface area contributed by atoms with E-state index in [1.807, 2.05) is 25.7 Å². The van der Waals surface area contributed by atoms with Gasteiger partial charge in [-0.2, -0.15) is 0 Å². The van der Waals surface area contributed by atoms with E-state index < -0.39 is 0 Å². The Bertz CT molecular complexity index is 408. The zero-order chi connectivity index (χ0) is 16.6. The second-order valence-electron chi connectivity index (χ2n) is 8.42. The van der Waals surface area contributed by atoms with Gasteiger partial charge in [0.15, 0.2) is 0 Å². The Hall–Kier alpha value is -1.06. The van der Waals surface area contributed by atoms with Crippen LogP contribution >= 0.6 is 0 Å². The maximum Gasteiger partial charge on any atom is 0.246 e. The predicted molar refractivity (Wildman–Crippen MR) is 85.8 cm³/mol. The molecule has 2 amide bonds. The highest BCUT2D eigenvalue weighted by molar-refractivity contribution is 5.97. The number of hydrogen-bond donors (Lipinski definition) is 1. The van der Waals surface area contributed by atoms with Crippen LogP contribution in [0, 0.1) is 11.3 Å². The lowest BCUT2D eigenvalue weighted by molar-refractivity contribution is -0.159. The predicted octanol–water partition coefficient (Wildman–Crippen LogP) is 2.96. The Balaban J connectivity index is 3.22. The molecule has 0 aliphatic carbocycles. The molecule has 4 nitrogen and oxygen atoms in total. The molecule has 1 heterocycles. The number of piperazine rings is 1. The van der Waals surface area contributed by atoms with Gasteiger partial charge in [0.1, 0.15) is 12.1 Å². The molecule has 1 aliphatic heterocycles. The summed E-state index contributed by atoms with van der Waals surface area (Å²) in [6.07, 6.45) is 1.50. The number of carbonyl (C=O) groups is 2. The first-order valence-electron chi connectivity index (χ1n) is 8.04. The number of nitrogens with one attached hydrogen (secondary N) is 1. The van der Waals surface area contributed by atoms with E-state index in [1.165, 1.54) is 0 Å². The maximum atomic E-state index is 12.9. The topological polar surface area (TPSA) is 49.4 Å². The average Bonchev–Trinajstić information content (AvgIpc) is 2.27. The van der Waals surface area contributed by atoms with E-state index in [-0.39, 0.29) is 40.8 Å². The average molecular weight is 296 g/mol. The van der Waals surface area contributed by atoms with Crippen LogP contribution in [0.3, 0.4) is 0 Å². The van der Waals surface area contributed by atoms with Crippen molar-refractivity contribution >= 4 is 11.8 Å². The van der Waals surface area contributed by atoms with Gasteiger partial charge in [-0.15, -0.1) is 0 Å². The SMILES string of the molecule is CCC1NC(=O)C(C(C)C)N(C(C)(C)CC(C)(C)C)C1=O. The zero-order valence-electron chi connectivity index (χ0n) is 14.9. The van der Waals surface area contributed by atoms with E-state index in [1.54, 1.807) is 0 Å². The van der Waals surface area contributed by atoms with Crippen molar-refractivity contribution < 1.29 is 9.59 Å². The summed E-state index contributed by atoms with van der Waals surface area (Å²) >= 11 is 0. The van der Waals surface area contributed by atoms with Crippen LogP contribution in [0.2, 0.25) is 0 Å². The van der Waals surface area contributed by atoms with Crippen molar-refractivity contribution in [3.8, 4) is 0 Å². The Morgan fingerprint density at radius 2 is 1.67 bits per heavy atom. The van der Waals surface area contributed by atoms with Crippen LogP contribution in [-0.4, -0.2) is 34.3 Å². The molecule has 0 saturated carbocycles. The van der Waals surface area contributed by atoms with Crippen molar-refractivity contribution in [2.75, 3.05) is 0 Å². The molecule has 1 fully saturated rings. The summed E-state index contributed by atoms with van der Waals surface area (Å²) in [4.78, 5) is 27.2.